The highest BCUT2D eigenvalue weighted by atomic mass is 32.2. The lowest BCUT2D eigenvalue weighted by Crippen LogP contribution is -2.54. The fourth-order valence-electron chi connectivity index (χ4n) is 3.35. The van der Waals surface area contributed by atoms with E-state index in [1.807, 2.05) is 0 Å². The van der Waals surface area contributed by atoms with E-state index in [-0.39, 0.29) is 23.5 Å². The van der Waals surface area contributed by atoms with Crippen molar-refractivity contribution < 1.29 is 13.2 Å². The van der Waals surface area contributed by atoms with Crippen LogP contribution in [0.1, 0.15) is 32.6 Å². The zero-order valence-electron chi connectivity index (χ0n) is 12.7. The van der Waals surface area contributed by atoms with Crippen LogP contribution in [-0.4, -0.2) is 54.9 Å². The van der Waals surface area contributed by atoms with E-state index in [0.717, 1.165) is 31.4 Å². The fourth-order valence-corrected chi connectivity index (χ4v) is 6.32. The molecule has 0 aromatic carbocycles. The lowest BCUT2D eigenvalue weighted by molar-refractivity contribution is -0.138. The summed E-state index contributed by atoms with van der Waals surface area (Å²) < 4.78 is 24.5. The summed E-state index contributed by atoms with van der Waals surface area (Å²) in [6.45, 7) is 2.71. The van der Waals surface area contributed by atoms with E-state index < -0.39 is 15.2 Å². The Morgan fingerprint density at radius 1 is 1.33 bits per heavy atom. The van der Waals surface area contributed by atoms with Gasteiger partial charge in [0.25, 0.3) is 0 Å². The topological polar surface area (TPSA) is 80.5 Å². The van der Waals surface area contributed by atoms with Crippen LogP contribution in [0, 0.1) is 11.8 Å². The third-order valence-electron chi connectivity index (χ3n) is 4.71. The van der Waals surface area contributed by atoms with E-state index in [9.17, 15) is 13.2 Å². The molecule has 1 heterocycles. The zero-order chi connectivity index (χ0) is 15.5. The second-order valence-corrected chi connectivity index (χ2v) is 9.50. The van der Waals surface area contributed by atoms with Crippen LogP contribution >= 0.6 is 11.8 Å². The van der Waals surface area contributed by atoms with E-state index >= 15 is 0 Å². The van der Waals surface area contributed by atoms with Gasteiger partial charge >= 0.3 is 0 Å². The van der Waals surface area contributed by atoms with Gasteiger partial charge in [0.1, 0.15) is 5.37 Å². The molecule has 5 nitrogen and oxygen atoms in total. The Kier molecular flexibility index (Phi) is 5.96. The number of carbonyl (C=O) groups excluding carboxylic acids is 1. The van der Waals surface area contributed by atoms with Crippen molar-refractivity contribution in [2.75, 3.05) is 30.3 Å². The summed E-state index contributed by atoms with van der Waals surface area (Å²) in [6, 6.07) is 0. The van der Waals surface area contributed by atoms with Gasteiger partial charge in [-0.3, -0.25) is 4.79 Å². The molecule has 2 N–H and O–H groups in total. The van der Waals surface area contributed by atoms with E-state index in [2.05, 4.69) is 0 Å². The molecule has 7 heteroatoms. The maximum absolute atomic E-state index is 12.9. The summed E-state index contributed by atoms with van der Waals surface area (Å²) in [4.78, 5) is 14.5. The van der Waals surface area contributed by atoms with Gasteiger partial charge in [0.05, 0.1) is 0 Å². The molecular formula is C14H26N2O3S2. The number of carbonyl (C=O) groups is 1. The summed E-state index contributed by atoms with van der Waals surface area (Å²) in [7, 11) is -3.23. The number of hydrogen-bond donors (Lipinski definition) is 1. The van der Waals surface area contributed by atoms with Crippen molar-refractivity contribution >= 4 is 27.5 Å². The zero-order valence-corrected chi connectivity index (χ0v) is 14.3. The molecular weight excluding hydrogens is 308 g/mol. The molecule has 1 saturated carbocycles. The van der Waals surface area contributed by atoms with Gasteiger partial charge in [0, 0.05) is 29.7 Å². The standard InChI is InChI=1S/C14H26N2O3S2/c1-2-21(18,19)13-10-20-8-7-16(13)14(17)12-6-4-3-5-11(12)9-15/h11-13H,2-10,15H2,1H3. The fraction of sp³-hybridized carbons (Fsp3) is 0.929. The number of rotatable bonds is 4. The number of amides is 1. The highest BCUT2D eigenvalue weighted by Gasteiger charge is 2.40. The third-order valence-corrected chi connectivity index (χ3v) is 8.00. The number of nitrogens with zero attached hydrogens (tertiary/aromatic N) is 1. The lowest BCUT2D eigenvalue weighted by Gasteiger charge is -2.39. The first-order valence-electron chi connectivity index (χ1n) is 7.81. The van der Waals surface area contributed by atoms with Crippen LogP contribution in [0.25, 0.3) is 0 Å². The highest BCUT2D eigenvalue weighted by molar-refractivity contribution is 8.01. The Morgan fingerprint density at radius 2 is 2.05 bits per heavy atom. The monoisotopic (exact) mass is 334 g/mol. The molecule has 3 unspecified atom stereocenters. The largest absolute Gasteiger partial charge is 0.330 e. The van der Waals surface area contributed by atoms with Crippen molar-refractivity contribution in [2.45, 2.75) is 38.0 Å². The first kappa shape index (κ1) is 17.1. The van der Waals surface area contributed by atoms with Crippen LogP contribution in [0.15, 0.2) is 0 Å². The van der Waals surface area contributed by atoms with Crippen molar-refractivity contribution in [1.29, 1.82) is 0 Å². The minimum Gasteiger partial charge on any atom is -0.330 e. The van der Waals surface area contributed by atoms with Crippen LogP contribution in [0.4, 0.5) is 0 Å². The Balaban J connectivity index is 2.18. The molecule has 3 atom stereocenters. The second kappa shape index (κ2) is 7.33. The van der Waals surface area contributed by atoms with Gasteiger partial charge in [-0.2, -0.15) is 11.8 Å². The molecule has 0 radical (unpaired) electrons. The molecule has 1 aliphatic heterocycles. The molecule has 2 aliphatic rings. The quantitative estimate of drug-likeness (QED) is 0.832. The van der Waals surface area contributed by atoms with E-state index in [4.69, 9.17) is 5.73 Å². The smallest absolute Gasteiger partial charge is 0.227 e. The lowest BCUT2D eigenvalue weighted by atomic mass is 9.78. The molecule has 0 aromatic heterocycles. The van der Waals surface area contributed by atoms with Gasteiger partial charge in [-0.1, -0.05) is 19.8 Å². The summed E-state index contributed by atoms with van der Waals surface area (Å²) in [6.07, 6.45) is 4.00. The SMILES string of the molecule is CCS(=O)(=O)C1CSCCN1C(=O)C1CCCCC1CN. The molecule has 0 spiro atoms. The van der Waals surface area contributed by atoms with Crippen molar-refractivity contribution in [3.05, 3.63) is 0 Å². The first-order valence-corrected chi connectivity index (χ1v) is 10.7. The van der Waals surface area contributed by atoms with Gasteiger partial charge in [-0.25, -0.2) is 8.42 Å². The number of nitrogens with two attached hydrogens (primary N) is 1. The van der Waals surface area contributed by atoms with Crippen LogP contribution < -0.4 is 5.73 Å². The second-order valence-electron chi connectivity index (χ2n) is 5.90. The first-order chi connectivity index (χ1) is 10.0. The minimum atomic E-state index is -3.23. The molecule has 2 fully saturated rings. The van der Waals surface area contributed by atoms with Gasteiger partial charge < -0.3 is 10.6 Å². The number of sulfone groups is 1. The van der Waals surface area contributed by atoms with Crippen molar-refractivity contribution in [3.63, 3.8) is 0 Å². The average molecular weight is 335 g/mol. The van der Waals surface area contributed by atoms with Crippen molar-refractivity contribution in [1.82, 2.24) is 4.90 Å². The third kappa shape index (κ3) is 3.74. The Morgan fingerprint density at radius 3 is 2.71 bits per heavy atom. The Labute approximate surface area is 131 Å². The Bertz CT molecular complexity index is 467. The highest BCUT2D eigenvalue weighted by Crippen LogP contribution is 2.33. The molecule has 1 amide bonds. The van der Waals surface area contributed by atoms with E-state index in [0.29, 0.717) is 18.8 Å². The van der Waals surface area contributed by atoms with Crippen molar-refractivity contribution in [2.24, 2.45) is 17.6 Å². The average Bonchev–Trinajstić information content (AvgIpc) is 2.54. The van der Waals surface area contributed by atoms with Crippen LogP contribution in [0.3, 0.4) is 0 Å². The summed E-state index contributed by atoms with van der Waals surface area (Å²) in [5, 5.41) is -0.644. The molecule has 21 heavy (non-hydrogen) atoms. The van der Waals surface area contributed by atoms with Gasteiger partial charge in [-0.05, 0) is 25.3 Å². The summed E-state index contributed by atoms with van der Waals surface area (Å²) in [5.41, 5.74) is 5.81. The number of hydrogen-bond acceptors (Lipinski definition) is 5. The Hall–Kier alpha value is -0.270. The molecule has 0 aromatic rings. The van der Waals surface area contributed by atoms with E-state index in [1.54, 1.807) is 23.6 Å². The van der Waals surface area contributed by atoms with E-state index in [1.165, 1.54) is 0 Å². The molecule has 0 bridgehead atoms. The maximum atomic E-state index is 12.9. The predicted octanol–water partition coefficient (Wildman–Crippen LogP) is 1.09. The van der Waals surface area contributed by atoms with Crippen LogP contribution in [0.2, 0.25) is 0 Å². The normalized spacial score (nSPS) is 31.1. The van der Waals surface area contributed by atoms with Crippen LogP contribution in [-0.2, 0) is 14.6 Å². The van der Waals surface area contributed by atoms with Gasteiger partial charge in [0.15, 0.2) is 9.84 Å². The van der Waals surface area contributed by atoms with Crippen LogP contribution in [0.5, 0.6) is 0 Å². The molecule has 1 aliphatic carbocycles. The summed E-state index contributed by atoms with van der Waals surface area (Å²) in [5.74, 6) is 1.57. The maximum Gasteiger partial charge on any atom is 0.227 e. The van der Waals surface area contributed by atoms with Gasteiger partial charge in [0.2, 0.25) is 5.91 Å². The minimum absolute atomic E-state index is 0.0208. The number of thioether (sulfide) groups is 1. The molecule has 2 rings (SSSR count). The van der Waals surface area contributed by atoms with Gasteiger partial charge in [-0.15, -0.1) is 0 Å². The molecule has 122 valence electrons. The molecule has 1 saturated heterocycles. The van der Waals surface area contributed by atoms with Crippen molar-refractivity contribution in [3.8, 4) is 0 Å². The predicted molar refractivity (Wildman–Crippen MR) is 86.8 cm³/mol. The summed E-state index contributed by atoms with van der Waals surface area (Å²) >= 11 is 1.62.